The van der Waals surface area contributed by atoms with E-state index in [0.717, 1.165) is 0 Å². The van der Waals surface area contributed by atoms with Crippen LogP contribution >= 0.6 is 0 Å². The van der Waals surface area contributed by atoms with E-state index in [-0.39, 0.29) is 0 Å². The van der Waals surface area contributed by atoms with Crippen molar-refractivity contribution in [3.8, 4) is 0 Å². The van der Waals surface area contributed by atoms with Gasteiger partial charge in [-0.15, -0.1) is 0 Å². The molecule has 0 atom stereocenters. The van der Waals surface area contributed by atoms with E-state index >= 15 is 0 Å². The quantitative estimate of drug-likeness (QED) is 0.217. The Hall–Kier alpha value is -5.34. The highest BCUT2D eigenvalue weighted by Crippen LogP contribution is 2.28. The lowest BCUT2D eigenvalue weighted by atomic mass is 10.1. The van der Waals surface area contributed by atoms with Crippen LogP contribution in [0.1, 0.15) is 0 Å². The zero-order valence-electron chi connectivity index (χ0n) is 24.2. The highest BCUT2D eigenvalue weighted by Gasteiger charge is 2.06. The summed E-state index contributed by atoms with van der Waals surface area (Å²) in [7, 11) is 4.18. The number of hydrogen-bond donors (Lipinski definition) is 0. The van der Waals surface area contributed by atoms with E-state index in [0.29, 0.717) is 0 Å². The van der Waals surface area contributed by atoms with E-state index in [1.807, 2.05) is 12.1 Å². The fourth-order valence-corrected chi connectivity index (χ4v) is 4.77. The molecule has 2 heteroatoms. The number of anilines is 4. The summed E-state index contributed by atoms with van der Waals surface area (Å²) in [6, 6.07) is 62.8. The molecule has 0 unspecified atom stereocenters. The van der Waals surface area contributed by atoms with Crippen LogP contribution in [0.5, 0.6) is 0 Å². The molecule has 0 radical (unpaired) electrons. The van der Waals surface area contributed by atoms with Crippen molar-refractivity contribution in [3.05, 3.63) is 182 Å². The third kappa shape index (κ3) is 7.44. The molecule has 0 N–H and O–H groups in total. The minimum absolute atomic E-state index is 1.18. The standard InChI is InChI=1S/C20H20N2.2C10H8/c1-21(17-9-5-3-6-10-17)19-13-15-20(16-14-19)22(2)18-11-7-4-8-12-18;2*1-2-6-10-8-4-3-7-9(10)5-1/h3-16H,1-2H3;2*1-8H. The first kappa shape index (κ1) is 28.2. The maximum absolute atomic E-state index is 2.19. The van der Waals surface area contributed by atoms with Gasteiger partial charge in [-0.1, -0.05) is 133 Å². The minimum Gasteiger partial charge on any atom is -0.345 e. The van der Waals surface area contributed by atoms with Crippen molar-refractivity contribution in [2.24, 2.45) is 0 Å². The summed E-state index contributed by atoms with van der Waals surface area (Å²) in [5, 5.41) is 5.24. The predicted molar refractivity (Wildman–Crippen MR) is 183 cm³/mol. The molecular weight excluding hydrogens is 508 g/mol. The Labute approximate surface area is 249 Å². The predicted octanol–water partition coefficient (Wildman–Crippen LogP) is 10.9. The maximum atomic E-state index is 2.19. The van der Waals surface area contributed by atoms with Crippen LogP contribution in [0.15, 0.2) is 182 Å². The molecule has 0 spiro atoms. The van der Waals surface area contributed by atoms with E-state index < -0.39 is 0 Å². The highest BCUT2D eigenvalue weighted by molar-refractivity contribution is 5.82. The molecule has 0 aliphatic rings. The van der Waals surface area contributed by atoms with Crippen molar-refractivity contribution >= 4 is 44.3 Å². The van der Waals surface area contributed by atoms with Crippen LogP contribution in [-0.4, -0.2) is 14.1 Å². The van der Waals surface area contributed by atoms with Crippen LogP contribution in [0.2, 0.25) is 0 Å². The molecule has 7 aromatic carbocycles. The summed E-state index contributed by atoms with van der Waals surface area (Å²) >= 11 is 0. The summed E-state index contributed by atoms with van der Waals surface area (Å²) in [6.45, 7) is 0. The summed E-state index contributed by atoms with van der Waals surface area (Å²) in [5.41, 5.74) is 4.73. The Morgan fingerprint density at radius 3 is 0.667 bits per heavy atom. The molecule has 0 heterocycles. The fraction of sp³-hybridized carbons (Fsp3) is 0.0500. The number of benzene rings is 7. The SMILES string of the molecule is CN(c1ccccc1)c1ccc(N(C)c2ccccc2)cc1.c1ccc2ccccc2c1.c1ccc2ccccc2c1. The van der Waals surface area contributed by atoms with Gasteiger partial charge in [0.1, 0.15) is 0 Å². The van der Waals surface area contributed by atoms with E-state index in [9.17, 15) is 0 Å². The average Bonchev–Trinajstić information content (AvgIpc) is 3.09. The number of nitrogens with zero attached hydrogens (tertiary/aromatic N) is 2. The number of rotatable bonds is 4. The first-order valence-electron chi connectivity index (χ1n) is 14.2. The molecule has 0 bridgehead atoms. The van der Waals surface area contributed by atoms with E-state index in [2.05, 4.69) is 194 Å². The second kappa shape index (κ2) is 14.3. The first-order chi connectivity index (χ1) is 20.7. The molecule has 0 amide bonds. The molecule has 0 saturated heterocycles. The molecule has 2 nitrogen and oxygen atoms in total. The van der Waals surface area contributed by atoms with Gasteiger partial charge in [0.05, 0.1) is 0 Å². The van der Waals surface area contributed by atoms with Gasteiger partial charge in [-0.2, -0.15) is 0 Å². The largest absolute Gasteiger partial charge is 0.345 e. The van der Waals surface area contributed by atoms with Crippen molar-refractivity contribution in [2.75, 3.05) is 23.9 Å². The molecule has 206 valence electrons. The zero-order valence-corrected chi connectivity index (χ0v) is 24.2. The van der Waals surface area contributed by atoms with Crippen LogP contribution < -0.4 is 9.80 Å². The van der Waals surface area contributed by atoms with Gasteiger partial charge in [0.25, 0.3) is 0 Å². The smallest absolute Gasteiger partial charge is 0.0409 e. The van der Waals surface area contributed by atoms with Crippen molar-refractivity contribution in [1.82, 2.24) is 0 Å². The van der Waals surface area contributed by atoms with Crippen LogP contribution in [0.25, 0.3) is 21.5 Å². The van der Waals surface area contributed by atoms with Crippen molar-refractivity contribution in [2.45, 2.75) is 0 Å². The second-order valence-corrected chi connectivity index (χ2v) is 10.00. The van der Waals surface area contributed by atoms with Gasteiger partial charge in [0.2, 0.25) is 0 Å². The van der Waals surface area contributed by atoms with E-state index in [1.165, 1.54) is 44.3 Å². The molecule has 0 saturated carbocycles. The molecule has 0 fully saturated rings. The van der Waals surface area contributed by atoms with Crippen LogP contribution in [0.4, 0.5) is 22.7 Å². The second-order valence-electron chi connectivity index (χ2n) is 10.00. The monoisotopic (exact) mass is 544 g/mol. The summed E-state index contributed by atoms with van der Waals surface area (Å²) in [4.78, 5) is 4.37. The number of hydrogen-bond acceptors (Lipinski definition) is 2. The van der Waals surface area contributed by atoms with Gasteiger partial charge < -0.3 is 9.80 Å². The molecular formula is C40H36N2. The molecule has 0 aliphatic carbocycles. The molecule has 0 aliphatic heterocycles. The minimum atomic E-state index is 1.18. The summed E-state index contributed by atoms with van der Waals surface area (Å²) in [5.74, 6) is 0. The summed E-state index contributed by atoms with van der Waals surface area (Å²) in [6.07, 6.45) is 0. The Morgan fingerprint density at radius 2 is 0.429 bits per heavy atom. The maximum Gasteiger partial charge on any atom is 0.0409 e. The van der Waals surface area contributed by atoms with Crippen LogP contribution in [0, 0.1) is 0 Å². The Bertz CT molecular complexity index is 1530. The van der Waals surface area contributed by atoms with Gasteiger partial charge in [-0.3, -0.25) is 0 Å². The molecule has 42 heavy (non-hydrogen) atoms. The van der Waals surface area contributed by atoms with Crippen LogP contribution in [-0.2, 0) is 0 Å². The normalized spacial score (nSPS) is 10.1. The van der Waals surface area contributed by atoms with Crippen LogP contribution in [0.3, 0.4) is 0 Å². The van der Waals surface area contributed by atoms with Gasteiger partial charge in [-0.25, -0.2) is 0 Å². The highest BCUT2D eigenvalue weighted by atomic mass is 15.1. The first-order valence-corrected chi connectivity index (χ1v) is 14.2. The van der Waals surface area contributed by atoms with E-state index in [1.54, 1.807) is 0 Å². The van der Waals surface area contributed by atoms with Crippen molar-refractivity contribution in [3.63, 3.8) is 0 Å². The third-order valence-corrected chi connectivity index (χ3v) is 7.23. The summed E-state index contributed by atoms with van der Waals surface area (Å²) < 4.78 is 0. The fourth-order valence-electron chi connectivity index (χ4n) is 4.77. The lowest BCUT2D eigenvalue weighted by Gasteiger charge is -2.22. The lowest BCUT2D eigenvalue weighted by molar-refractivity contribution is 1.18. The Kier molecular flexibility index (Phi) is 9.63. The van der Waals surface area contributed by atoms with Gasteiger partial charge >= 0.3 is 0 Å². The van der Waals surface area contributed by atoms with Gasteiger partial charge in [-0.05, 0) is 70.1 Å². The molecule has 7 aromatic rings. The average molecular weight is 545 g/mol. The van der Waals surface area contributed by atoms with E-state index in [4.69, 9.17) is 0 Å². The lowest BCUT2D eigenvalue weighted by Crippen LogP contribution is -2.11. The third-order valence-electron chi connectivity index (χ3n) is 7.23. The molecule has 0 aromatic heterocycles. The molecule has 7 rings (SSSR count). The van der Waals surface area contributed by atoms with Gasteiger partial charge in [0.15, 0.2) is 0 Å². The Morgan fingerprint density at radius 1 is 0.238 bits per heavy atom. The van der Waals surface area contributed by atoms with Gasteiger partial charge in [0, 0.05) is 36.8 Å². The number of fused-ring (bicyclic) bond motifs is 2. The topological polar surface area (TPSA) is 6.48 Å². The number of para-hydroxylation sites is 2. The zero-order chi connectivity index (χ0) is 29.0. The van der Waals surface area contributed by atoms with Crippen molar-refractivity contribution in [1.29, 1.82) is 0 Å². The Balaban J connectivity index is 0.000000145. The van der Waals surface area contributed by atoms with Crippen molar-refractivity contribution < 1.29 is 0 Å².